The number of thiophene rings is 1. The molecular weight excluding hydrogens is 386 g/mol. The van der Waals surface area contributed by atoms with E-state index >= 15 is 0 Å². The molecule has 0 fully saturated rings. The number of fused-ring (bicyclic) bond motifs is 3. The van der Waals surface area contributed by atoms with Crippen molar-refractivity contribution in [2.45, 2.75) is 51.0 Å². The molecule has 1 aromatic carbocycles. The van der Waals surface area contributed by atoms with Crippen molar-refractivity contribution in [2.75, 3.05) is 11.1 Å². The lowest BCUT2D eigenvalue weighted by Gasteiger charge is -2.18. The standard InChI is InChI=1S/C22H25N3OS2/c1-13(2)15-6-4-5-7-17(15)25-19(26)11-27-21-20-16-9-8-14(3)10-18(16)28-22(20)24-12-23-21/h4-7,12-14H,8-11H2,1-3H3,(H,25,26). The molecule has 6 heteroatoms. The lowest BCUT2D eigenvalue weighted by atomic mass is 9.89. The van der Waals surface area contributed by atoms with Crippen LogP contribution in [0.25, 0.3) is 10.2 Å². The van der Waals surface area contributed by atoms with Crippen LogP contribution < -0.4 is 5.32 Å². The van der Waals surface area contributed by atoms with Crippen LogP contribution in [0.2, 0.25) is 0 Å². The van der Waals surface area contributed by atoms with Gasteiger partial charge in [-0.3, -0.25) is 4.79 Å². The van der Waals surface area contributed by atoms with Crippen LogP contribution >= 0.6 is 23.1 Å². The number of benzene rings is 1. The molecule has 1 aliphatic carbocycles. The van der Waals surface area contributed by atoms with Gasteiger partial charge in [0.1, 0.15) is 16.2 Å². The molecule has 0 aliphatic heterocycles. The van der Waals surface area contributed by atoms with Crippen molar-refractivity contribution < 1.29 is 4.79 Å². The summed E-state index contributed by atoms with van der Waals surface area (Å²) in [6, 6.07) is 8.01. The molecule has 0 radical (unpaired) electrons. The molecule has 0 bridgehead atoms. The molecule has 0 saturated carbocycles. The van der Waals surface area contributed by atoms with Crippen molar-refractivity contribution in [3.63, 3.8) is 0 Å². The van der Waals surface area contributed by atoms with Crippen molar-refractivity contribution in [1.82, 2.24) is 9.97 Å². The first-order valence-corrected chi connectivity index (χ1v) is 11.6. The number of nitrogens with one attached hydrogen (secondary N) is 1. The second-order valence-electron chi connectivity index (χ2n) is 7.79. The van der Waals surface area contributed by atoms with Gasteiger partial charge in [0.05, 0.1) is 5.75 Å². The highest BCUT2D eigenvalue weighted by molar-refractivity contribution is 8.00. The number of aromatic nitrogens is 2. The van der Waals surface area contributed by atoms with E-state index in [1.165, 1.54) is 34.0 Å². The number of para-hydroxylation sites is 1. The van der Waals surface area contributed by atoms with Gasteiger partial charge in [-0.05, 0) is 48.3 Å². The van der Waals surface area contributed by atoms with Crippen LogP contribution in [0.3, 0.4) is 0 Å². The summed E-state index contributed by atoms with van der Waals surface area (Å²) >= 11 is 3.31. The first-order valence-electron chi connectivity index (χ1n) is 9.79. The molecule has 2 aromatic heterocycles. The third kappa shape index (κ3) is 3.94. The van der Waals surface area contributed by atoms with Gasteiger partial charge in [-0.1, -0.05) is 50.7 Å². The van der Waals surface area contributed by atoms with Crippen molar-refractivity contribution >= 4 is 44.9 Å². The molecule has 1 N–H and O–H groups in total. The number of carbonyl (C=O) groups excluding carboxylic acids is 1. The normalized spacial score (nSPS) is 16.4. The van der Waals surface area contributed by atoms with Gasteiger partial charge in [0.2, 0.25) is 5.91 Å². The third-order valence-corrected chi connectivity index (χ3v) is 7.41. The van der Waals surface area contributed by atoms with Gasteiger partial charge in [0.25, 0.3) is 0 Å². The molecule has 1 aliphatic rings. The van der Waals surface area contributed by atoms with E-state index in [2.05, 4.69) is 42.1 Å². The third-order valence-electron chi connectivity index (χ3n) is 5.25. The van der Waals surface area contributed by atoms with E-state index in [-0.39, 0.29) is 5.91 Å². The zero-order valence-corrected chi connectivity index (χ0v) is 18.1. The van der Waals surface area contributed by atoms with Crippen LogP contribution in [-0.2, 0) is 17.6 Å². The molecule has 146 valence electrons. The fraction of sp³-hybridized carbons (Fsp3) is 0.409. The fourth-order valence-electron chi connectivity index (χ4n) is 3.79. The minimum Gasteiger partial charge on any atom is -0.325 e. The lowest BCUT2D eigenvalue weighted by molar-refractivity contribution is -0.113. The number of thioether (sulfide) groups is 1. The van der Waals surface area contributed by atoms with Gasteiger partial charge in [-0.25, -0.2) is 9.97 Å². The van der Waals surface area contributed by atoms with Crippen LogP contribution in [0.4, 0.5) is 5.69 Å². The van der Waals surface area contributed by atoms with Crippen molar-refractivity contribution in [3.05, 3.63) is 46.6 Å². The molecule has 0 spiro atoms. The minimum absolute atomic E-state index is 0.00239. The second kappa shape index (κ2) is 8.21. The summed E-state index contributed by atoms with van der Waals surface area (Å²) in [5, 5.41) is 5.18. The Bertz CT molecular complexity index is 1010. The predicted molar refractivity (Wildman–Crippen MR) is 118 cm³/mol. The van der Waals surface area contributed by atoms with E-state index in [9.17, 15) is 4.79 Å². The van der Waals surface area contributed by atoms with Gasteiger partial charge in [0.15, 0.2) is 0 Å². The summed E-state index contributed by atoms with van der Waals surface area (Å²) in [6.45, 7) is 6.59. The van der Waals surface area contributed by atoms with Crippen LogP contribution in [0, 0.1) is 5.92 Å². The fourth-order valence-corrected chi connectivity index (χ4v) is 6.03. The average molecular weight is 412 g/mol. The van der Waals surface area contributed by atoms with Crippen LogP contribution in [0.15, 0.2) is 35.6 Å². The highest BCUT2D eigenvalue weighted by atomic mass is 32.2. The van der Waals surface area contributed by atoms with Gasteiger partial charge in [-0.2, -0.15) is 0 Å². The smallest absolute Gasteiger partial charge is 0.234 e. The predicted octanol–water partition coefficient (Wildman–Crippen LogP) is 5.67. The Morgan fingerprint density at radius 2 is 2.14 bits per heavy atom. The molecule has 1 unspecified atom stereocenters. The summed E-state index contributed by atoms with van der Waals surface area (Å²) in [7, 11) is 0. The monoisotopic (exact) mass is 411 g/mol. The quantitative estimate of drug-likeness (QED) is 0.434. The topological polar surface area (TPSA) is 54.9 Å². The lowest BCUT2D eigenvalue weighted by Crippen LogP contribution is -2.15. The molecular formula is C22H25N3OS2. The number of carbonyl (C=O) groups is 1. The summed E-state index contributed by atoms with van der Waals surface area (Å²) in [4.78, 5) is 24.1. The number of hydrogen-bond acceptors (Lipinski definition) is 5. The minimum atomic E-state index is 0.00239. The molecule has 3 aromatic rings. The maximum atomic E-state index is 12.6. The zero-order chi connectivity index (χ0) is 19.7. The Kier molecular flexibility index (Phi) is 5.69. The maximum absolute atomic E-state index is 12.6. The van der Waals surface area contributed by atoms with E-state index in [1.807, 2.05) is 18.2 Å². The van der Waals surface area contributed by atoms with Gasteiger partial charge < -0.3 is 5.32 Å². The summed E-state index contributed by atoms with van der Waals surface area (Å²) in [6.07, 6.45) is 5.06. The number of nitrogens with zero attached hydrogens (tertiary/aromatic N) is 2. The first-order chi connectivity index (χ1) is 13.5. The van der Waals surface area contributed by atoms with E-state index in [1.54, 1.807) is 17.7 Å². The van der Waals surface area contributed by atoms with Crippen molar-refractivity contribution in [3.8, 4) is 0 Å². The number of aryl methyl sites for hydroxylation is 1. The molecule has 28 heavy (non-hydrogen) atoms. The molecule has 1 amide bonds. The highest BCUT2D eigenvalue weighted by Crippen LogP contribution is 2.40. The molecule has 4 rings (SSSR count). The zero-order valence-electron chi connectivity index (χ0n) is 16.5. The summed E-state index contributed by atoms with van der Waals surface area (Å²) < 4.78 is 0. The van der Waals surface area contributed by atoms with Crippen molar-refractivity contribution in [2.24, 2.45) is 5.92 Å². The van der Waals surface area contributed by atoms with Gasteiger partial charge in [-0.15, -0.1) is 11.3 Å². The SMILES string of the molecule is CC1CCc2c(sc3ncnc(SCC(=O)Nc4ccccc4C(C)C)c23)C1. The van der Waals surface area contributed by atoms with Gasteiger partial charge >= 0.3 is 0 Å². The van der Waals surface area contributed by atoms with E-state index < -0.39 is 0 Å². The maximum Gasteiger partial charge on any atom is 0.234 e. The van der Waals surface area contributed by atoms with E-state index in [4.69, 9.17) is 0 Å². The van der Waals surface area contributed by atoms with Crippen LogP contribution in [0.5, 0.6) is 0 Å². The summed E-state index contributed by atoms with van der Waals surface area (Å²) in [5.41, 5.74) is 3.47. The average Bonchev–Trinajstić information content (AvgIpc) is 3.04. The van der Waals surface area contributed by atoms with Gasteiger partial charge in [0, 0.05) is 16.0 Å². The van der Waals surface area contributed by atoms with Crippen LogP contribution in [-0.4, -0.2) is 21.6 Å². The Morgan fingerprint density at radius 3 is 2.96 bits per heavy atom. The molecule has 2 heterocycles. The largest absolute Gasteiger partial charge is 0.325 e. The van der Waals surface area contributed by atoms with E-state index in [0.717, 1.165) is 39.9 Å². The Balaban J connectivity index is 1.51. The number of rotatable bonds is 5. The number of amides is 1. The van der Waals surface area contributed by atoms with E-state index in [0.29, 0.717) is 11.7 Å². The Labute approximate surface area is 174 Å². The Morgan fingerprint density at radius 1 is 1.32 bits per heavy atom. The van der Waals surface area contributed by atoms with Crippen LogP contribution in [0.1, 0.15) is 49.1 Å². The molecule has 1 atom stereocenters. The number of hydrogen-bond donors (Lipinski definition) is 1. The first kappa shape index (κ1) is 19.4. The summed E-state index contributed by atoms with van der Waals surface area (Å²) in [5.74, 6) is 1.45. The Hall–Kier alpha value is -1.92. The van der Waals surface area contributed by atoms with Crippen molar-refractivity contribution in [1.29, 1.82) is 0 Å². The molecule has 4 nitrogen and oxygen atoms in total. The highest BCUT2D eigenvalue weighted by Gasteiger charge is 2.23. The second-order valence-corrected chi connectivity index (χ2v) is 9.84. The molecule has 0 saturated heterocycles. The number of anilines is 1.